The summed E-state index contributed by atoms with van der Waals surface area (Å²) >= 11 is 0. The Hall–Kier alpha value is -2.34. The molecule has 0 radical (unpaired) electrons. The molecule has 3 rings (SSSR count). The molecule has 1 aromatic heterocycles. The van der Waals surface area contributed by atoms with Crippen molar-refractivity contribution in [3.8, 4) is 0 Å². The quantitative estimate of drug-likeness (QED) is 0.912. The molecule has 0 saturated carbocycles. The minimum Gasteiger partial charge on any atom is -0.340 e. The number of anilines is 2. The van der Waals surface area contributed by atoms with Crippen LogP contribution >= 0.6 is 0 Å². The Balaban J connectivity index is 1.50. The summed E-state index contributed by atoms with van der Waals surface area (Å²) in [6.45, 7) is 9.03. The first-order valence-electron chi connectivity index (χ1n) is 8.51. The average Bonchev–Trinajstić information content (AvgIpc) is 3.06. The number of rotatable bonds is 5. The molecule has 2 heterocycles. The third kappa shape index (κ3) is 3.76. The fraction of sp³-hybridized carbons (Fsp3) is 0.444. The van der Waals surface area contributed by atoms with E-state index in [1.807, 2.05) is 43.6 Å². The third-order valence-corrected chi connectivity index (χ3v) is 4.48. The maximum Gasteiger partial charge on any atom is 0.238 e. The van der Waals surface area contributed by atoms with E-state index in [9.17, 15) is 4.79 Å². The summed E-state index contributed by atoms with van der Waals surface area (Å²) in [4.78, 5) is 21.2. The highest BCUT2D eigenvalue weighted by Crippen LogP contribution is 2.15. The van der Waals surface area contributed by atoms with Gasteiger partial charge in [0.05, 0.1) is 6.54 Å². The number of hydrogen-bond donors (Lipinski definition) is 1. The van der Waals surface area contributed by atoms with Crippen molar-refractivity contribution in [2.75, 3.05) is 42.9 Å². The van der Waals surface area contributed by atoms with Gasteiger partial charge in [0.2, 0.25) is 11.9 Å². The Morgan fingerprint density at radius 3 is 2.67 bits per heavy atom. The van der Waals surface area contributed by atoms with Crippen molar-refractivity contribution in [1.82, 2.24) is 14.5 Å². The topological polar surface area (TPSA) is 53.4 Å². The molecular weight excluding hydrogens is 302 g/mol. The number of hydrogen-bond acceptors (Lipinski definition) is 4. The largest absolute Gasteiger partial charge is 0.340 e. The Labute approximate surface area is 143 Å². The van der Waals surface area contributed by atoms with E-state index < -0.39 is 0 Å². The number of carbonyl (C=O) groups excluding carboxylic acids is 1. The standard InChI is InChI=1S/C18H25N5O/c1-3-22-9-8-19-18(22)23-12-10-21(11-13-23)14-17(24)20-16-7-5-4-6-15(16)2/h4-9H,3,10-14H2,1-2H3,(H,20,24). The third-order valence-electron chi connectivity index (χ3n) is 4.48. The van der Waals surface area contributed by atoms with Crippen LogP contribution in [0.3, 0.4) is 0 Å². The molecule has 1 amide bonds. The average molecular weight is 327 g/mol. The molecule has 24 heavy (non-hydrogen) atoms. The summed E-state index contributed by atoms with van der Waals surface area (Å²) in [6.07, 6.45) is 3.86. The minimum absolute atomic E-state index is 0.0489. The van der Waals surface area contributed by atoms with E-state index in [4.69, 9.17) is 0 Å². The predicted octanol–water partition coefficient (Wildman–Crippen LogP) is 1.97. The van der Waals surface area contributed by atoms with Crippen LogP contribution in [0, 0.1) is 6.92 Å². The highest BCUT2D eigenvalue weighted by Gasteiger charge is 2.21. The SMILES string of the molecule is CCn1ccnc1N1CCN(CC(=O)Nc2ccccc2C)CC1. The first-order chi connectivity index (χ1) is 11.7. The van der Waals surface area contributed by atoms with Gasteiger partial charge in [-0.1, -0.05) is 18.2 Å². The molecule has 1 aromatic carbocycles. The molecule has 6 nitrogen and oxygen atoms in total. The molecule has 2 aromatic rings. The van der Waals surface area contributed by atoms with Gasteiger partial charge in [-0.3, -0.25) is 9.69 Å². The molecular formula is C18H25N5O. The van der Waals surface area contributed by atoms with Gasteiger partial charge in [0.25, 0.3) is 0 Å². The lowest BCUT2D eigenvalue weighted by Gasteiger charge is -2.35. The fourth-order valence-electron chi connectivity index (χ4n) is 3.04. The van der Waals surface area contributed by atoms with Crippen molar-refractivity contribution >= 4 is 17.5 Å². The zero-order valence-corrected chi connectivity index (χ0v) is 14.4. The summed E-state index contributed by atoms with van der Waals surface area (Å²) in [5.41, 5.74) is 1.98. The van der Waals surface area contributed by atoms with Crippen LogP contribution in [0.15, 0.2) is 36.7 Å². The van der Waals surface area contributed by atoms with E-state index >= 15 is 0 Å². The zero-order chi connectivity index (χ0) is 16.9. The number of imidazole rings is 1. The Kier molecular flexibility index (Phi) is 5.15. The maximum atomic E-state index is 12.3. The van der Waals surface area contributed by atoms with Gasteiger partial charge in [0.15, 0.2) is 0 Å². The van der Waals surface area contributed by atoms with Gasteiger partial charge >= 0.3 is 0 Å². The van der Waals surface area contributed by atoms with Crippen LogP contribution in [0.25, 0.3) is 0 Å². The lowest BCUT2D eigenvalue weighted by Crippen LogP contribution is -2.49. The number of aryl methyl sites for hydroxylation is 2. The maximum absolute atomic E-state index is 12.3. The Morgan fingerprint density at radius 1 is 1.21 bits per heavy atom. The normalized spacial score (nSPS) is 15.5. The second kappa shape index (κ2) is 7.49. The number of piperazine rings is 1. The second-order valence-corrected chi connectivity index (χ2v) is 6.14. The zero-order valence-electron chi connectivity index (χ0n) is 14.4. The van der Waals surface area contributed by atoms with Gasteiger partial charge < -0.3 is 14.8 Å². The van der Waals surface area contributed by atoms with Crippen LogP contribution in [0.4, 0.5) is 11.6 Å². The lowest BCUT2D eigenvalue weighted by atomic mass is 10.2. The predicted molar refractivity (Wildman–Crippen MR) is 96.4 cm³/mol. The fourth-order valence-corrected chi connectivity index (χ4v) is 3.04. The Bertz CT molecular complexity index is 688. The molecule has 1 N–H and O–H groups in total. The van der Waals surface area contributed by atoms with E-state index in [1.54, 1.807) is 0 Å². The number of carbonyl (C=O) groups is 1. The summed E-state index contributed by atoms with van der Waals surface area (Å²) in [7, 11) is 0. The van der Waals surface area contributed by atoms with Gasteiger partial charge in [0.1, 0.15) is 0 Å². The molecule has 1 aliphatic rings. The summed E-state index contributed by atoms with van der Waals surface area (Å²) in [6, 6.07) is 7.86. The number of nitrogens with zero attached hydrogens (tertiary/aromatic N) is 4. The van der Waals surface area contributed by atoms with Crippen LogP contribution in [0.2, 0.25) is 0 Å². The van der Waals surface area contributed by atoms with Gasteiger partial charge in [-0.25, -0.2) is 4.98 Å². The van der Waals surface area contributed by atoms with Crippen molar-refractivity contribution in [1.29, 1.82) is 0 Å². The first-order valence-corrected chi connectivity index (χ1v) is 8.51. The van der Waals surface area contributed by atoms with E-state index in [1.165, 1.54) is 0 Å². The molecule has 0 atom stereocenters. The van der Waals surface area contributed by atoms with Crippen molar-refractivity contribution in [2.45, 2.75) is 20.4 Å². The Morgan fingerprint density at radius 2 is 1.96 bits per heavy atom. The highest BCUT2D eigenvalue weighted by molar-refractivity contribution is 5.92. The number of para-hydroxylation sites is 1. The van der Waals surface area contributed by atoms with Gasteiger partial charge in [-0.15, -0.1) is 0 Å². The number of nitrogens with one attached hydrogen (secondary N) is 1. The van der Waals surface area contributed by atoms with Crippen molar-refractivity contribution in [3.63, 3.8) is 0 Å². The van der Waals surface area contributed by atoms with E-state index in [0.717, 1.165) is 49.9 Å². The number of aromatic nitrogens is 2. The molecule has 1 aliphatic heterocycles. The molecule has 0 aliphatic carbocycles. The second-order valence-electron chi connectivity index (χ2n) is 6.14. The van der Waals surface area contributed by atoms with Crippen LogP contribution in [-0.4, -0.2) is 53.1 Å². The smallest absolute Gasteiger partial charge is 0.238 e. The summed E-state index contributed by atoms with van der Waals surface area (Å²) in [5.74, 6) is 1.08. The number of benzene rings is 1. The molecule has 1 fully saturated rings. The lowest BCUT2D eigenvalue weighted by molar-refractivity contribution is -0.117. The first kappa shape index (κ1) is 16.5. The molecule has 0 bridgehead atoms. The van der Waals surface area contributed by atoms with E-state index in [2.05, 4.69) is 31.6 Å². The highest BCUT2D eigenvalue weighted by atomic mass is 16.2. The van der Waals surface area contributed by atoms with Gasteiger partial charge in [-0.05, 0) is 25.5 Å². The van der Waals surface area contributed by atoms with Crippen LogP contribution < -0.4 is 10.2 Å². The van der Waals surface area contributed by atoms with Crippen molar-refractivity contribution < 1.29 is 4.79 Å². The number of amides is 1. The molecule has 6 heteroatoms. The minimum atomic E-state index is 0.0489. The molecule has 128 valence electrons. The van der Waals surface area contributed by atoms with Crippen LogP contribution in [-0.2, 0) is 11.3 Å². The van der Waals surface area contributed by atoms with Gasteiger partial charge in [0, 0.05) is 50.8 Å². The summed E-state index contributed by atoms with van der Waals surface area (Å²) in [5, 5.41) is 3.00. The molecule has 1 saturated heterocycles. The summed E-state index contributed by atoms with van der Waals surface area (Å²) < 4.78 is 2.15. The molecule has 0 spiro atoms. The van der Waals surface area contributed by atoms with E-state index in [0.29, 0.717) is 6.54 Å². The van der Waals surface area contributed by atoms with E-state index in [-0.39, 0.29) is 5.91 Å². The molecule has 0 unspecified atom stereocenters. The van der Waals surface area contributed by atoms with Crippen LogP contribution in [0.1, 0.15) is 12.5 Å². The van der Waals surface area contributed by atoms with Gasteiger partial charge in [-0.2, -0.15) is 0 Å². The van der Waals surface area contributed by atoms with Crippen LogP contribution in [0.5, 0.6) is 0 Å². The monoisotopic (exact) mass is 327 g/mol. The van der Waals surface area contributed by atoms with Crippen molar-refractivity contribution in [2.24, 2.45) is 0 Å². The van der Waals surface area contributed by atoms with Crippen molar-refractivity contribution in [3.05, 3.63) is 42.2 Å².